The van der Waals surface area contributed by atoms with Crippen molar-refractivity contribution >= 4 is 23.2 Å². The van der Waals surface area contributed by atoms with Gasteiger partial charge in [0.2, 0.25) is 5.91 Å². The molecule has 0 atom stereocenters. The van der Waals surface area contributed by atoms with E-state index in [-0.39, 0.29) is 18.4 Å². The summed E-state index contributed by atoms with van der Waals surface area (Å²) in [5.41, 5.74) is 0.425. The maximum absolute atomic E-state index is 12.0. The van der Waals surface area contributed by atoms with Crippen LogP contribution in [0.1, 0.15) is 28.3 Å². The van der Waals surface area contributed by atoms with Crippen LogP contribution in [0.2, 0.25) is 0 Å². The number of rotatable bonds is 3. The highest BCUT2D eigenvalue weighted by Crippen LogP contribution is 2.11. The van der Waals surface area contributed by atoms with E-state index in [0.717, 1.165) is 30.9 Å². The molecule has 1 saturated heterocycles. The van der Waals surface area contributed by atoms with Crippen LogP contribution in [0.25, 0.3) is 0 Å². The summed E-state index contributed by atoms with van der Waals surface area (Å²) >= 11 is 1.44. The third-order valence-electron chi connectivity index (χ3n) is 3.02. The van der Waals surface area contributed by atoms with Gasteiger partial charge in [-0.1, -0.05) is 0 Å². The number of likely N-dealkylation sites (tertiary alicyclic amines) is 1. The summed E-state index contributed by atoms with van der Waals surface area (Å²) in [5, 5.41) is 2.59. The standard InChI is InChI=1S/C12H17N3O2S/c1-9-13-10(8-18-9)12(17)14(2)7-11(16)15-5-3-4-6-15/h8H,3-7H2,1-2H3. The van der Waals surface area contributed by atoms with Crippen molar-refractivity contribution in [3.63, 3.8) is 0 Å². The van der Waals surface area contributed by atoms with Gasteiger partial charge in [0.1, 0.15) is 5.69 Å². The fourth-order valence-electron chi connectivity index (χ4n) is 2.00. The topological polar surface area (TPSA) is 53.5 Å². The van der Waals surface area contributed by atoms with Crippen LogP contribution in [0, 0.1) is 6.92 Å². The molecule has 0 unspecified atom stereocenters. The zero-order chi connectivity index (χ0) is 13.1. The lowest BCUT2D eigenvalue weighted by Gasteiger charge is -2.20. The van der Waals surface area contributed by atoms with Crippen LogP contribution < -0.4 is 0 Å². The van der Waals surface area contributed by atoms with Crippen molar-refractivity contribution in [2.75, 3.05) is 26.7 Å². The Hall–Kier alpha value is -1.43. The molecule has 1 aliphatic heterocycles. The fourth-order valence-corrected chi connectivity index (χ4v) is 2.59. The number of hydrogen-bond acceptors (Lipinski definition) is 4. The molecule has 2 amide bonds. The van der Waals surface area contributed by atoms with Gasteiger partial charge in [-0.15, -0.1) is 11.3 Å². The molecule has 0 aliphatic carbocycles. The molecule has 6 heteroatoms. The molecule has 5 nitrogen and oxygen atoms in total. The van der Waals surface area contributed by atoms with Gasteiger partial charge in [-0.25, -0.2) is 4.98 Å². The smallest absolute Gasteiger partial charge is 0.273 e. The van der Waals surface area contributed by atoms with E-state index in [2.05, 4.69) is 4.98 Å². The Kier molecular flexibility index (Phi) is 3.96. The van der Waals surface area contributed by atoms with Crippen molar-refractivity contribution < 1.29 is 9.59 Å². The molecular formula is C12H17N3O2S. The number of hydrogen-bond donors (Lipinski definition) is 0. The van der Waals surface area contributed by atoms with Gasteiger partial charge in [-0.3, -0.25) is 9.59 Å². The van der Waals surface area contributed by atoms with E-state index in [1.165, 1.54) is 16.2 Å². The molecule has 0 radical (unpaired) electrons. The minimum atomic E-state index is -0.188. The van der Waals surface area contributed by atoms with Crippen molar-refractivity contribution in [2.24, 2.45) is 0 Å². The highest BCUT2D eigenvalue weighted by Gasteiger charge is 2.22. The minimum Gasteiger partial charge on any atom is -0.341 e. The Balaban J connectivity index is 1.92. The van der Waals surface area contributed by atoms with Crippen LogP contribution in [0.5, 0.6) is 0 Å². The molecule has 0 spiro atoms. The lowest BCUT2D eigenvalue weighted by Crippen LogP contribution is -2.39. The number of thiazole rings is 1. The molecule has 2 heterocycles. The third kappa shape index (κ3) is 2.87. The van der Waals surface area contributed by atoms with Gasteiger partial charge in [0, 0.05) is 25.5 Å². The maximum Gasteiger partial charge on any atom is 0.273 e. The van der Waals surface area contributed by atoms with Gasteiger partial charge in [0.15, 0.2) is 0 Å². The number of nitrogens with zero attached hydrogens (tertiary/aromatic N) is 3. The monoisotopic (exact) mass is 267 g/mol. The van der Waals surface area contributed by atoms with Crippen LogP contribution in [-0.2, 0) is 4.79 Å². The van der Waals surface area contributed by atoms with E-state index in [0.29, 0.717) is 5.69 Å². The van der Waals surface area contributed by atoms with Crippen molar-refractivity contribution in [3.05, 3.63) is 16.1 Å². The Morgan fingerprint density at radius 1 is 1.44 bits per heavy atom. The van der Waals surface area contributed by atoms with Gasteiger partial charge in [-0.05, 0) is 19.8 Å². The lowest BCUT2D eigenvalue weighted by atomic mass is 10.4. The van der Waals surface area contributed by atoms with Gasteiger partial charge in [-0.2, -0.15) is 0 Å². The molecule has 0 saturated carbocycles. The number of amides is 2. The normalized spacial score (nSPS) is 14.9. The Labute approximate surface area is 110 Å². The van der Waals surface area contributed by atoms with Gasteiger partial charge >= 0.3 is 0 Å². The van der Waals surface area contributed by atoms with E-state index < -0.39 is 0 Å². The summed E-state index contributed by atoms with van der Waals surface area (Å²) in [6.45, 7) is 3.62. The first kappa shape index (κ1) is 13.0. The Morgan fingerprint density at radius 3 is 2.67 bits per heavy atom. The zero-order valence-electron chi connectivity index (χ0n) is 10.7. The quantitative estimate of drug-likeness (QED) is 0.825. The first-order valence-electron chi connectivity index (χ1n) is 6.03. The average molecular weight is 267 g/mol. The van der Waals surface area contributed by atoms with Crippen LogP contribution in [-0.4, -0.2) is 53.3 Å². The summed E-state index contributed by atoms with van der Waals surface area (Å²) in [6.07, 6.45) is 2.13. The second kappa shape index (κ2) is 5.48. The number of carbonyl (C=O) groups is 2. The van der Waals surface area contributed by atoms with Gasteiger partial charge in [0.25, 0.3) is 5.91 Å². The first-order chi connectivity index (χ1) is 8.58. The van der Waals surface area contributed by atoms with Crippen LogP contribution in [0.15, 0.2) is 5.38 Å². The van der Waals surface area contributed by atoms with E-state index in [1.54, 1.807) is 12.4 Å². The third-order valence-corrected chi connectivity index (χ3v) is 3.79. The predicted molar refractivity (Wildman–Crippen MR) is 69.6 cm³/mol. The molecule has 1 fully saturated rings. The van der Waals surface area contributed by atoms with Crippen molar-refractivity contribution in [3.8, 4) is 0 Å². The number of aryl methyl sites for hydroxylation is 1. The maximum atomic E-state index is 12.0. The first-order valence-corrected chi connectivity index (χ1v) is 6.91. The largest absolute Gasteiger partial charge is 0.341 e. The van der Waals surface area contributed by atoms with Crippen molar-refractivity contribution in [2.45, 2.75) is 19.8 Å². The van der Waals surface area contributed by atoms with Crippen LogP contribution >= 0.6 is 11.3 Å². The molecule has 0 bridgehead atoms. The minimum absolute atomic E-state index is 0.0234. The number of carbonyl (C=O) groups excluding carboxylic acids is 2. The zero-order valence-corrected chi connectivity index (χ0v) is 11.5. The fraction of sp³-hybridized carbons (Fsp3) is 0.583. The molecule has 18 heavy (non-hydrogen) atoms. The van der Waals surface area contributed by atoms with E-state index in [1.807, 2.05) is 11.8 Å². The van der Waals surface area contributed by atoms with Crippen molar-refractivity contribution in [1.29, 1.82) is 0 Å². The summed E-state index contributed by atoms with van der Waals surface area (Å²) in [5.74, 6) is -0.165. The average Bonchev–Trinajstić information content (AvgIpc) is 2.98. The Morgan fingerprint density at radius 2 is 2.11 bits per heavy atom. The molecule has 1 aromatic heterocycles. The summed E-state index contributed by atoms with van der Waals surface area (Å²) in [7, 11) is 1.64. The molecular weight excluding hydrogens is 250 g/mol. The van der Waals surface area contributed by atoms with E-state index in [9.17, 15) is 9.59 Å². The second-order valence-corrected chi connectivity index (χ2v) is 5.56. The van der Waals surface area contributed by atoms with Gasteiger partial charge < -0.3 is 9.80 Å². The summed E-state index contributed by atoms with van der Waals surface area (Å²) in [6, 6.07) is 0. The number of aromatic nitrogens is 1. The van der Waals surface area contributed by atoms with E-state index >= 15 is 0 Å². The highest BCUT2D eigenvalue weighted by atomic mass is 32.1. The van der Waals surface area contributed by atoms with Crippen molar-refractivity contribution in [1.82, 2.24) is 14.8 Å². The molecule has 0 N–H and O–H groups in total. The van der Waals surface area contributed by atoms with Gasteiger partial charge in [0.05, 0.1) is 11.6 Å². The summed E-state index contributed by atoms with van der Waals surface area (Å²) in [4.78, 5) is 31.3. The van der Waals surface area contributed by atoms with Crippen LogP contribution in [0.4, 0.5) is 0 Å². The lowest BCUT2D eigenvalue weighted by molar-refractivity contribution is -0.130. The van der Waals surface area contributed by atoms with E-state index in [4.69, 9.17) is 0 Å². The molecule has 98 valence electrons. The SMILES string of the molecule is Cc1nc(C(=O)N(C)CC(=O)N2CCCC2)cs1. The summed E-state index contributed by atoms with van der Waals surface area (Å²) < 4.78 is 0. The molecule has 1 aromatic rings. The number of likely N-dealkylation sites (N-methyl/N-ethyl adjacent to an activating group) is 1. The molecule has 1 aliphatic rings. The van der Waals surface area contributed by atoms with Crippen LogP contribution in [0.3, 0.4) is 0 Å². The molecule has 2 rings (SSSR count). The second-order valence-electron chi connectivity index (χ2n) is 4.50. The predicted octanol–water partition coefficient (Wildman–Crippen LogP) is 1.15. The Bertz CT molecular complexity index is 452. The highest BCUT2D eigenvalue weighted by molar-refractivity contribution is 7.09. The molecule has 0 aromatic carbocycles.